The number of ether oxygens (including phenoxy) is 2. The van der Waals surface area contributed by atoms with E-state index in [1.54, 1.807) is 58.9 Å². The molecule has 1 saturated carbocycles. The summed E-state index contributed by atoms with van der Waals surface area (Å²) in [6, 6.07) is 5.34. The highest BCUT2D eigenvalue weighted by atomic mass is 16.6. The van der Waals surface area contributed by atoms with Crippen molar-refractivity contribution in [3.63, 3.8) is 0 Å². The van der Waals surface area contributed by atoms with Gasteiger partial charge in [-0.1, -0.05) is 11.8 Å². The van der Waals surface area contributed by atoms with Crippen molar-refractivity contribution in [3.05, 3.63) is 35.4 Å². The van der Waals surface area contributed by atoms with Crippen LogP contribution in [0.15, 0.2) is 24.3 Å². The van der Waals surface area contributed by atoms with Gasteiger partial charge >= 0.3 is 12.1 Å². The lowest BCUT2D eigenvalue weighted by Crippen LogP contribution is -2.62. The largest absolute Gasteiger partial charge is 0.467 e. The maximum absolute atomic E-state index is 12.8. The molecule has 0 bridgehead atoms. The zero-order valence-corrected chi connectivity index (χ0v) is 20.4. The standard InChI is InChI=1S/C26H32N2O6/c1-25(2,3)34-24(32)28-26(4,5)21(23(31)33-6)27-22(30)19-13-11-17(12-14-19)9-7-8-10-18-15-20(29)16-18/h11-14,18,20-21,29H,15-16H2,1-6H3,(H,27,30)(H,28,32). The van der Waals surface area contributed by atoms with Crippen LogP contribution in [0.5, 0.6) is 0 Å². The van der Waals surface area contributed by atoms with E-state index >= 15 is 0 Å². The average Bonchev–Trinajstić information content (AvgIpc) is 2.71. The van der Waals surface area contributed by atoms with E-state index in [1.165, 1.54) is 7.11 Å². The Bertz CT molecular complexity index is 1030. The number of aliphatic hydroxyl groups excluding tert-OH is 1. The molecular weight excluding hydrogens is 436 g/mol. The topological polar surface area (TPSA) is 114 Å². The van der Waals surface area contributed by atoms with E-state index in [4.69, 9.17) is 9.47 Å². The highest BCUT2D eigenvalue weighted by molar-refractivity contribution is 5.97. The predicted molar refractivity (Wildman–Crippen MR) is 127 cm³/mol. The van der Waals surface area contributed by atoms with Crippen molar-refractivity contribution in [1.29, 1.82) is 0 Å². The van der Waals surface area contributed by atoms with E-state index in [9.17, 15) is 19.5 Å². The lowest BCUT2D eigenvalue weighted by molar-refractivity contribution is -0.144. The van der Waals surface area contributed by atoms with Gasteiger partial charge < -0.3 is 25.2 Å². The van der Waals surface area contributed by atoms with Crippen LogP contribution < -0.4 is 10.6 Å². The summed E-state index contributed by atoms with van der Waals surface area (Å²) in [7, 11) is 1.20. The van der Waals surface area contributed by atoms with Crippen molar-refractivity contribution in [1.82, 2.24) is 10.6 Å². The normalized spacial score (nSPS) is 18.0. The Hall–Kier alpha value is -3.49. The quantitative estimate of drug-likeness (QED) is 0.452. The fourth-order valence-corrected chi connectivity index (χ4v) is 3.16. The van der Waals surface area contributed by atoms with Crippen LogP contribution in [0, 0.1) is 29.6 Å². The van der Waals surface area contributed by atoms with Gasteiger partial charge in [0.05, 0.1) is 18.8 Å². The van der Waals surface area contributed by atoms with E-state index in [0.717, 1.165) is 0 Å². The average molecular weight is 469 g/mol. The molecule has 1 aromatic rings. The molecule has 0 heterocycles. The lowest BCUT2D eigenvalue weighted by atomic mass is 9.83. The van der Waals surface area contributed by atoms with E-state index in [1.807, 2.05) is 0 Å². The molecule has 1 aliphatic rings. The molecule has 0 saturated heterocycles. The SMILES string of the molecule is COC(=O)C(NC(=O)c1ccc(C#CC#CC2CC(O)C2)cc1)C(C)(C)NC(=O)OC(C)(C)C. The minimum atomic E-state index is -1.20. The first-order valence-electron chi connectivity index (χ1n) is 11.0. The van der Waals surface area contributed by atoms with Crippen LogP contribution in [0.4, 0.5) is 4.79 Å². The van der Waals surface area contributed by atoms with Crippen LogP contribution in [0.1, 0.15) is 63.4 Å². The number of rotatable bonds is 5. The number of benzene rings is 1. The molecule has 0 radical (unpaired) electrons. The fraction of sp³-hybridized carbons (Fsp3) is 0.500. The maximum Gasteiger partial charge on any atom is 0.408 e. The minimum absolute atomic E-state index is 0.201. The summed E-state index contributed by atoms with van der Waals surface area (Å²) in [6.45, 7) is 8.34. The van der Waals surface area contributed by atoms with Gasteiger partial charge in [0.2, 0.25) is 0 Å². The number of esters is 1. The first-order chi connectivity index (χ1) is 15.8. The van der Waals surface area contributed by atoms with Crippen LogP contribution in [-0.2, 0) is 14.3 Å². The maximum atomic E-state index is 12.8. The Balaban J connectivity index is 2.06. The molecule has 1 fully saturated rings. The van der Waals surface area contributed by atoms with E-state index in [0.29, 0.717) is 24.0 Å². The molecule has 1 aromatic carbocycles. The Labute approximate surface area is 200 Å². The number of alkyl carbamates (subject to hydrolysis) is 1. The third kappa shape index (κ3) is 8.13. The van der Waals surface area contributed by atoms with Crippen LogP contribution in [0.25, 0.3) is 0 Å². The second kappa shape index (κ2) is 11.1. The highest BCUT2D eigenvalue weighted by Crippen LogP contribution is 2.25. The first-order valence-corrected chi connectivity index (χ1v) is 11.0. The summed E-state index contributed by atoms with van der Waals surface area (Å²) in [5, 5.41) is 14.5. The van der Waals surface area contributed by atoms with E-state index in [2.05, 4.69) is 34.3 Å². The zero-order valence-electron chi connectivity index (χ0n) is 20.4. The van der Waals surface area contributed by atoms with Crippen LogP contribution in [0.2, 0.25) is 0 Å². The second-order valence-corrected chi connectivity index (χ2v) is 9.70. The van der Waals surface area contributed by atoms with Gasteiger partial charge in [0.15, 0.2) is 0 Å². The number of methoxy groups -OCH3 is 1. The van der Waals surface area contributed by atoms with Gasteiger partial charge in [0.25, 0.3) is 5.91 Å². The molecule has 2 amide bonds. The molecule has 1 unspecified atom stereocenters. The van der Waals surface area contributed by atoms with Crippen molar-refractivity contribution in [2.45, 2.75) is 70.7 Å². The molecule has 182 valence electrons. The Morgan fingerprint density at radius 1 is 1.06 bits per heavy atom. The second-order valence-electron chi connectivity index (χ2n) is 9.70. The summed E-state index contributed by atoms with van der Waals surface area (Å²) in [4.78, 5) is 37.4. The van der Waals surface area contributed by atoms with Crippen molar-refractivity contribution >= 4 is 18.0 Å². The number of amides is 2. The smallest absolute Gasteiger partial charge is 0.408 e. The zero-order chi connectivity index (χ0) is 25.5. The molecule has 34 heavy (non-hydrogen) atoms. The molecule has 3 N–H and O–H groups in total. The first kappa shape index (κ1) is 26.8. The Morgan fingerprint density at radius 2 is 1.68 bits per heavy atom. The molecule has 8 nitrogen and oxygen atoms in total. The van der Waals surface area contributed by atoms with Crippen molar-refractivity contribution in [2.24, 2.45) is 5.92 Å². The molecule has 0 aliphatic heterocycles. The van der Waals surface area contributed by atoms with Gasteiger partial charge in [-0.2, -0.15) is 0 Å². The van der Waals surface area contributed by atoms with Gasteiger partial charge in [-0.3, -0.25) is 4.79 Å². The number of hydrogen-bond donors (Lipinski definition) is 3. The fourth-order valence-electron chi connectivity index (χ4n) is 3.16. The van der Waals surface area contributed by atoms with Crippen LogP contribution in [0.3, 0.4) is 0 Å². The van der Waals surface area contributed by atoms with Crippen molar-refractivity contribution < 1.29 is 29.0 Å². The van der Waals surface area contributed by atoms with Crippen molar-refractivity contribution in [3.8, 4) is 23.7 Å². The summed E-state index contributed by atoms with van der Waals surface area (Å²) >= 11 is 0. The number of hydrogen-bond acceptors (Lipinski definition) is 6. The molecule has 8 heteroatoms. The third-order valence-electron chi connectivity index (χ3n) is 5.06. The van der Waals surface area contributed by atoms with Crippen LogP contribution >= 0.6 is 0 Å². The van der Waals surface area contributed by atoms with Gasteiger partial charge in [0, 0.05) is 17.0 Å². The molecule has 0 spiro atoms. The third-order valence-corrected chi connectivity index (χ3v) is 5.06. The number of carbonyl (C=O) groups is 3. The predicted octanol–water partition coefficient (Wildman–Crippen LogP) is 2.39. The molecule has 0 aromatic heterocycles. The molecule has 1 aliphatic carbocycles. The number of nitrogens with one attached hydrogen (secondary N) is 2. The summed E-state index contributed by atoms with van der Waals surface area (Å²) < 4.78 is 10.1. The minimum Gasteiger partial charge on any atom is -0.467 e. The Morgan fingerprint density at radius 3 is 2.21 bits per heavy atom. The molecular formula is C26H32N2O6. The van der Waals surface area contributed by atoms with Gasteiger partial charge in [-0.15, -0.1) is 0 Å². The van der Waals surface area contributed by atoms with Crippen LogP contribution in [-0.4, -0.2) is 53.5 Å². The number of carbonyl (C=O) groups excluding carboxylic acids is 3. The summed E-state index contributed by atoms with van der Waals surface area (Å²) in [6.07, 6.45) is 0.410. The van der Waals surface area contributed by atoms with Crippen molar-refractivity contribution in [2.75, 3.05) is 7.11 Å². The highest BCUT2D eigenvalue weighted by Gasteiger charge is 2.39. The van der Waals surface area contributed by atoms with E-state index < -0.39 is 35.2 Å². The summed E-state index contributed by atoms with van der Waals surface area (Å²) in [5.41, 5.74) is -0.941. The monoisotopic (exact) mass is 468 g/mol. The van der Waals surface area contributed by atoms with Gasteiger partial charge in [-0.05, 0) is 83.6 Å². The lowest BCUT2D eigenvalue weighted by Gasteiger charge is -2.34. The Kier molecular flexibility index (Phi) is 8.73. The van der Waals surface area contributed by atoms with E-state index in [-0.39, 0.29) is 12.0 Å². The summed E-state index contributed by atoms with van der Waals surface area (Å²) in [5.74, 6) is 10.4. The number of aliphatic hydroxyl groups is 1. The van der Waals surface area contributed by atoms with Gasteiger partial charge in [0.1, 0.15) is 11.6 Å². The molecule has 2 rings (SSSR count). The molecule has 1 atom stereocenters. The van der Waals surface area contributed by atoms with Gasteiger partial charge in [-0.25, -0.2) is 9.59 Å².